The highest BCUT2D eigenvalue weighted by molar-refractivity contribution is 9.10. The summed E-state index contributed by atoms with van der Waals surface area (Å²) in [6.07, 6.45) is 0. The van der Waals surface area contributed by atoms with Gasteiger partial charge in [0.2, 0.25) is 0 Å². The number of hydrogen-bond acceptors (Lipinski definition) is 5. The first-order valence-corrected chi connectivity index (χ1v) is 8.61. The van der Waals surface area contributed by atoms with Crippen LogP contribution in [-0.4, -0.2) is 16.7 Å². The van der Waals surface area contributed by atoms with E-state index in [4.69, 9.17) is 10.5 Å². The summed E-state index contributed by atoms with van der Waals surface area (Å²) in [4.78, 5) is 15.7. The molecule has 120 valence electrons. The minimum Gasteiger partial charge on any atom is -0.593 e. The van der Waals surface area contributed by atoms with Crippen molar-refractivity contribution in [2.24, 2.45) is 5.92 Å². The average molecular weight is 392 g/mol. The van der Waals surface area contributed by atoms with E-state index in [1.54, 1.807) is 4.57 Å². The van der Waals surface area contributed by atoms with Crippen LogP contribution >= 0.6 is 24.0 Å². The Balaban J connectivity index is 2.82. The molecule has 2 N–H and O–H groups in total. The number of aromatic nitrogens is 2. The third-order valence-corrected chi connectivity index (χ3v) is 4.60. The van der Waals surface area contributed by atoms with Crippen LogP contribution in [-0.2, 0) is 15.8 Å². The van der Waals surface area contributed by atoms with Gasteiger partial charge in [0, 0.05) is 18.1 Å². The molecule has 22 heavy (non-hydrogen) atoms. The largest absolute Gasteiger partial charge is 0.593 e. The first-order valence-electron chi connectivity index (χ1n) is 6.57. The molecule has 1 aromatic carbocycles. The van der Waals surface area contributed by atoms with Crippen LogP contribution in [0.25, 0.3) is 11.0 Å². The van der Waals surface area contributed by atoms with E-state index < -0.39 is 19.7 Å². The molecule has 0 saturated carbocycles. The predicted octanol–water partition coefficient (Wildman–Crippen LogP) is 2.92. The normalized spacial score (nSPS) is 13.9. The van der Waals surface area contributed by atoms with Gasteiger partial charge in [-0.3, -0.25) is 0 Å². The Labute approximate surface area is 136 Å². The van der Waals surface area contributed by atoms with Crippen LogP contribution in [0.15, 0.2) is 10.5 Å². The van der Waals surface area contributed by atoms with Gasteiger partial charge in [0.1, 0.15) is 11.3 Å². The summed E-state index contributed by atoms with van der Waals surface area (Å²) in [7, 11) is -1.62. The Hall–Kier alpha value is -1.08. The molecule has 0 fully saturated rings. The molecule has 2 rings (SSSR count). The van der Waals surface area contributed by atoms with Crippen LogP contribution in [0.1, 0.15) is 25.5 Å². The fourth-order valence-corrected chi connectivity index (χ4v) is 3.46. The molecule has 6 nitrogen and oxygen atoms in total. The Morgan fingerprint density at radius 1 is 1.59 bits per heavy atom. The number of nitrogen functional groups attached to an aromatic ring is 1. The minimum absolute atomic E-state index is 0.113. The SMILES string of the molecule is COC(c1nc2c(N)c(F)cc(Br)c2n1CC(C)C)[P+](=O)[O-]. The zero-order valence-electron chi connectivity index (χ0n) is 12.3. The van der Waals surface area contributed by atoms with Crippen molar-refractivity contribution >= 4 is 40.7 Å². The summed E-state index contributed by atoms with van der Waals surface area (Å²) in [5, 5.41) is 0. The molecule has 2 unspecified atom stereocenters. The van der Waals surface area contributed by atoms with Gasteiger partial charge >= 0.3 is 13.9 Å². The summed E-state index contributed by atoms with van der Waals surface area (Å²) in [5.41, 5.74) is 6.42. The highest BCUT2D eigenvalue weighted by Gasteiger charge is 2.32. The first-order chi connectivity index (χ1) is 10.3. The van der Waals surface area contributed by atoms with Crippen LogP contribution in [0, 0.1) is 11.7 Å². The van der Waals surface area contributed by atoms with Crippen LogP contribution in [0.5, 0.6) is 0 Å². The van der Waals surface area contributed by atoms with Crippen molar-refractivity contribution in [2.45, 2.75) is 26.2 Å². The van der Waals surface area contributed by atoms with Crippen molar-refractivity contribution in [1.29, 1.82) is 0 Å². The van der Waals surface area contributed by atoms with Gasteiger partial charge in [-0.05, 0) is 27.9 Å². The lowest BCUT2D eigenvalue weighted by Crippen LogP contribution is -2.14. The Morgan fingerprint density at radius 2 is 2.23 bits per heavy atom. The van der Waals surface area contributed by atoms with Crippen LogP contribution < -0.4 is 10.6 Å². The smallest absolute Gasteiger partial charge is 0.349 e. The number of hydrogen-bond donors (Lipinski definition) is 1. The van der Waals surface area contributed by atoms with Crippen LogP contribution in [0.4, 0.5) is 10.1 Å². The van der Waals surface area contributed by atoms with E-state index in [0.29, 0.717) is 16.5 Å². The fourth-order valence-electron chi connectivity index (χ4n) is 2.29. The topological polar surface area (TPSA) is 93.2 Å². The molecule has 0 aliphatic carbocycles. The number of nitrogens with zero attached hydrogens (tertiary/aromatic N) is 2. The zero-order chi connectivity index (χ0) is 16.6. The number of benzene rings is 1. The summed E-state index contributed by atoms with van der Waals surface area (Å²) in [6, 6.07) is 1.25. The molecular formula is C13H16BrFN3O3P. The molecule has 0 radical (unpaired) electrons. The van der Waals surface area contributed by atoms with Crippen molar-refractivity contribution in [1.82, 2.24) is 9.55 Å². The number of methoxy groups -OCH3 is 1. The molecule has 0 amide bonds. The molecule has 0 aliphatic rings. The number of halogens is 2. The summed E-state index contributed by atoms with van der Waals surface area (Å²) in [6.45, 7) is 4.46. The molecule has 0 bridgehead atoms. The van der Waals surface area contributed by atoms with Gasteiger partial charge in [-0.1, -0.05) is 18.4 Å². The quantitative estimate of drug-likeness (QED) is 0.624. The Morgan fingerprint density at radius 3 is 2.73 bits per heavy atom. The maximum atomic E-state index is 13.8. The minimum atomic E-state index is -2.90. The zero-order valence-corrected chi connectivity index (χ0v) is 14.8. The fraction of sp³-hybridized carbons (Fsp3) is 0.462. The number of nitrogens with two attached hydrogens (primary N) is 1. The second kappa shape index (κ2) is 6.58. The van der Waals surface area contributed by atoms with E-state index in [2.05, 4.69) is 20.9 Å². The molecule has 0 spiro atoms. The molecular weight excluding hydrogens is 376 g/mol. The Bertz CT molecular complexity index is 735. The van der Waals surface area contributed by atoms with Crippen molar-refractivity contribution < 1.29 is 18.6 Å². The predicted molar refractivity (Wildman–Crippen MR) is 84.0 cm³/mol. The number of ether oxygens (including phenoxy) is 1. The van der Waals surface area contributed by atoms with E-state index in [9.17, 15) is 13.8 Å². The van der Waals surface area contributed by atoms with Crippen molar-refractivity contribution in [3.63, 3.8) is 0 Å². The van der Waals surface area contributed by atoms with Crippen molar-refractivity contribution in [3.8, 4) is 0 Å². The van der Waals surface area contributed by atoms with Gasteiger partial charge in [-0.15, -0.1) is 0 Å². The molecule has 1 heterocycles. The number of rotatable bonds is 5. The average Bonchev–Trinajstić information content (AvgIpc) is 2.76. The standard InChI is InChI=1S/C13H16BrFN3O3P/c1-6(2)5-18-11-7(14)4-8(15)9(16)10(11)17-12(18)13(21-3)22(19)20/h4,6,13H,5,16H2,1-3H3. The first kappa shape index (κ1) is 17.3. The lowest BCUT2D eigenvalue weighted by molar-refractivity contribution is -0.173. The van der Waals surface area contributed by atoms with Crippen LogP contribution in [0.3, 0.4) is 0 Å². The molecule has 1 aromatic heterocycles. The van der Waals surface area contributed by atoms with Crippen LogP contribution in [0.2, 0.25) is 0 Å². The van der Waals surface area contributed by atoms with Crippen molar-refractivity contribution in [2.75, 3.05) is 12.8 Å². The monoisotopic (exact) mass is 391 g/mol. The van der Waals surface area contributed by atoms with Gasteiger partial charge in [0.25, 0.3) is 0 Å². The van der Waals surface area contributed by atoms with Gasteiger partial charge in [-0.25, -0.2) is 9.37 Å². The molecule has 2 aromatic rings. The van der Waals surface area contributed by atoms with E-state index >= 15 is 0 Å². The number of imidazole rings is 1. The summed E-state index contributed by atoms with van der Waals surface area (Å²) >= 11 is 3.30. The van der Waals surface area contributed by atoms with Gasteiger partial charge in [-0.2, -0.15) is 0 Å². The van der Waals surface area contributed by atoms with Crippen molar-refractivity contribution in [3.05, 3.63) is 22.2 Å². The molecule has 0 aliphatic heterocycles. The summed E-state index contributed by atoms with van der Waals surface area (Å²) < 4.78 is 32.4. The summed E-state index contributed by atoms with van der Waals surface area (Å²) in [5.74, 6) is -1.41. The molecule has 0 saturated heterocycles. The van der Waals surface area contributed by atoms with Gasteiger partial charge in [0.15, 0.2) is 5.82 Å². The number of anilines is 1. The van der Waals surface area contributed by atoms with E-state index in [-0.39, 0.29) is 22.9 Å². The highest BCUT2D eigenvalue weighted by atomic mass is 79.9. The second-order valence-corrected chi connectivity index (χ2v) is 7.19. The molecule has 9 heteroatoms. The van der Waals surface area contributed by atoms with E-state index in [1.165, 1.54) is 13.2 Å². The maximum absolute atomic E-state index is 13.8. The molecule has 2 atom stereocenters. The van der Waals surface area contributed by atoms with E-state index in [1.807, 2.05) is 13.8 Å². The highest BCUT2D eigenvalue weighted by Crippen LogP contribution is 2.39. The third-order valence-electron chi connectivity index (χ3n) is 3.17. The lowest BCUT2D eigenvalue weighted by atomic mass is 10.2. The second-order valence-electron chi connectivity index (χ2n) is 5.30. The van der Waals surface area contributed by atoms with E-state index in [0.717, 1.165) is 0 Å². The maximum Gasteiger partial charge on any atom is 0.349 e. The number of fused-ring (bicyclic) bond motifs is 1. The van der Waals surface area contributed by atoms with Gasteiger partial charge < -0.3 is 19.9 Å². The third kappa shape index (κ3) is 3.01. The van der Waals surface area contributed by atoms with Gasteiger partial charge in [0.05, 0.1) is 11.2 Å². The lowest BCUT2D eigenvalue weighted by Gasteiger charge is -2.14. The Kier molecular flexibility index (Phi) is 5.17.